The van der Waals surface area contributed by atoms with Gasteiger partial charge in [-0.2, -0.15) is 0 Å². The first-order valence-corrected chi connectivity index (χ1v) is 7.49. The molecule has 110 valence electrons. The predicted molar refractivity (Wildman–Crippen MR) is 81.0 cm³/mol. The molecule has 0 bridgehead atoms. The van der Waals surface area contributed by atoms with Crippen molar-refractivity contribution in [2.75, 3.05) is 38.0 Å². The molecule has 0 atom stereocenters. The van der Waals surface area contributed by atoms with E-state index < -0.39 is 0 Å². The summed E-state index contributed by atoms with van der Waals surface area (Å²) in [6, 6.07) is 1.85. The summed E-state index contributed by atoms with van der Waals surface area (Å²) in [5, 5.41) is 6.25. The Labute approximate surface area is 120 Å². The van der Waals surface area contributed by atoms with E-state index in [0.717, 1.165) is 38.3 Å². The number of nitrogens with one attached hydrogen (secondary N) is 2. The van der Waals surface area contributed by atoms with Crippen LogP contribution >= 0.6 is 0 Å². The maximum atomic E-state index is 12.2. The van der Waals surface area contributed by atoms with Gasteiger partial charge < -0.3 is 15.5 Å². The van der Waals surface area contributed by atoms with Crippen molar-refractivity contribution >= 4 is 11.6 Å². The highest BCUT2D eigenvalue weighted by atomic mass is 16.1. The zero-order chi connectivity index (χ0) is 14.2. The molecule has 0 aliphatic carbocycles. The van der Waals surface area contributed by atoms with E-state index in [1.165, 1.54) is 12.8 Å². The number of carbonyl (C=O) groups excluding carboxylic acids is 1. The molecule has 5 nitrogen and oxygen atoms in total. The molecule has 20 heavy (non-hydrogen) atoms. The Hall–Kier alpha value is -1.62. The number of hydrogen-bond donors (Lipinski definition) is 2. The highest BCUT2D eigenvalue weighted by molar-refractivity contribution is 5.99. The van der Waals surface area contributed by atoms with Crippen molar-refractivity contribution in [1.29, 1.82) is 0 Å². The number of amides is 1. The first-order valence-electron chi connectivity index (χ1n) is 7.49. The monoisotopic (exact) mass is 276 g/mol. The van der Waals surface area contributed by atoms with Gasteiger partial charge in [0.2, 0.25) is 0 Å². The summed E-state index contributed by atoms with van der Waals surface area (Å²) in [4.78, 5) is 18.6. The second-order valence-corrected chi connectivity index (χ2v) is 5.15. The summed E-state index contributed by atoms with van der Waals surface area (Å²) in [5.74, 6) is -0.0455. The second-order valence-electron chi connectivity index (χ2n) is 5.15. The third-order valence-corrected chi connectivity index (χ3v) is 3.54. The fourth-order valence-corrected chi connectivity index (χ4v) is 2.42. The molecule has 2 heterocycles. The van der Waals surface area contributed by atoms with Crippen LogP contribution in [-0.2, 0) is 0 Å². The minimum Gasteiger partial charge on any atom is -0.384 e. The summed E-state index contributed by atoms with van der Waals surface area (Å²) in [6.45, 7) is 6.91. The van der Waals surface area contributed by atoms with Crippen molar-refractivity contribution in [3.63, 3.8) is 0 Å². The summed E-state index contributed by atoms with van der Waals surface area (Å²) >= 11 is 0. The second kappa shape index (κ2) is 7.85. The molecule has 0 spiro atoms. The number of nitrogens with zero attached hydrogens (tertiary/aromatic N) is 2. The van der Waals surface area contributed by atoms with Gasteiger partial charge in [0.15, 0.2) is 0 Å². The van der Waals surface area contributed by atoms with Crippen LogP contribution in [0.25, 0.3) is 0 Å². The van der Waals surface area contributed by atoms with Gasteiger partial charge in [-0.1, -0.05) is 6.92 Å². The molecule has 0 saturated carbocycles. The summed E-state index contributed by atoms with van der Waals surface area (Å²) in [5.41, 5.74) is 1.49. The Morgan fingerprint density at radius 3 is 2.90 bits per heavy atom. The number of carbonyl (C=O) groups is 1. The lowest BCUT2D eigenvalue weighted by Crippen LogP contribution is -2.33. The lowest BCUT2D eigenvalue weighted by atomic mass is 10.2. The van der Waals surface area contributed by atoms with Gasteiger partial charge in [-0.3, -0.25) is 9.78 Å². The zero-order valence-electron chi connectivity index (χ0n) is 12.2. The quantitative estimate of drug-likeness (QED) is 0.796. The van der Waals surface area contributed by atoms with Crippen molar-refractivity contribution < 1.29 is 4.79 Å². The fraction of sp³-hybridized carbons (Fsp3) is 0.600. The maximum Gasteiger partial charge on any atom is 0.254 e. The van der Waals surface area contributed by atoms with Crippen LogP contribution in [0.1, 0.15) is 36.5 Å². The van der Waals surface area contributed by atoms with Gasteiger partial charge in [0.1, 0.15) is 0 Å². The van der Waals surface area contributed by atoms with Crippen LogP contribution in [0.15, 0.2) is 18.5 Å². The number of hydrogen-bond acceptors (Lipinski definition) is 4. The van der Waals surface area contributed by atoms with Gasteiger partial charge in [0, 0.05) is 32.0 Å². The molecule has 1 fully saturated rings. The van der Waals surface area contributed by atoms with Crippen LogP contribution in [0.3, 0.4) is 0 Å². The average Bonchev–Trinajstić information content (AvgIpc) is 2.98. The molecule has 1 aliphatic rings. The van der Waals surface area contributed by atoms with E-state index in [1.54, 1.807) is 12.4 Å². The van der Waals surface area contributed by atoms with Crippen molar-refractivity contribution in [2.45, 2.75) is 26.2 Å². The molecule has 0 unspecified atom stereocenters. The largest absolute Gasteiger partial charge is 0.384 e. The maximum absolute atomic E-state index is 12.2. The third-order valence-electron chi connectivity index (χ3n) is 3.54. The van der Waals surface area contributed by atoms with E-state index in [9.17, 15) is 4.79 Å². The molecule has 1 saturated heterocycles. The molecule has 5 heteroatoms. The Morgan fingerprint density at radius 2 is 2.15 bits per heavy atom. The molecule has 2 rings (SSSR count). The lowest BCUT2D eigenvalue weighted by molar-refractivity contribution is 0.0950. The van der Waals surface area contributed by atoms with Crippen LogP contribution < -0.4 is 10.6 Å². The van der Waals surface area contributed by atoms with Gasteiger partial charge >= 0.3 is 0 Å². The topological polar surface area (TPSA) is 57.3 Å². The van der Waals surface area contributed by atoms with Crippen LogP contribution in [0, 0.1) is 0 Å². The van der Waals surface area contributed by atoms with Crippen LogP contribution in [0.4, 0.5) is 5.69 Å². The van der Waals surface area contributed by atoms with E-state index in [-0.39, 0.29) is 5.91 Å². The molecule has 1 aromatic rings. The predicted octanol–water partition coefficient (Wildman–Crippen LogP) is 1.73. The van der Waals surface area contributed by atoms with Crippen molar-refractivity contribution in [2.24, 2.45) is 0 Å². The SMILES string of the molecule is CCCNc1ccncc1C(=O)NCCN1CCCC1. The third kappa shape index (κ3) is 4.20. The Kier molecular flexibility index (Phi) is 5.80. The van der Waals surface area contributed by atoms with Crippen molar-refractivity contribution in [1.82, 2.24) is 15.2 Å². The van der Waals surface area contributed by atoms with Gasteiger partial charge in [-0.25, -0.2) is 0 Å². The highest BCUT2D eigenvalue weighted by Crippen LogP contribution is 2.13. The smallest absolute Gasteiger partial charge is 0.254 e. The minimum absolute atomic E-state index is 0.0455. The molecule has 0 radical (unpaired) electrons. The zero-order valence-corrected chi connectivity index (χ0v) is 12.2. The standard InChI is InChI=1S/C15H24N4O/c1-2-6-17-14-5-7-16-12-13(14)15(20)18-8-11-19-9-3-4-10-19/h5,7,12H,2-4,6,8-11H2,1H3,(H,16,17)(H,18,20). The molecule has 1 aliphatic heterocycles. The van der Waals surface area contributed by atoms with E-state index in [0.29, 0.717) is 12.1 Å². The van der Waals surface area contributed by atoms with Crippen LogP contribution in [-0.4, -0.2) is 48.5 Å². The first kappa shape index (κ1) is 14.8. The lowest BCUT2D eigenvalue weighted by Gasteiger charge is -2.15. The molecular formula is C15H24N4O. The number of aromatic nitrogens is 1. The average molecular weight is 276 g/mol. The Morgan fingerprint density at radius 1 is 1.35 bits per heavy atom. The number of anilines is 1. The van der Waals surface area contributed by atoms with E-state index >= 15 is 0 Å². The van der Waals surface area contributed by atoms with Gasteiger partial charge in [0.25, 0.3) is 5.91 Å². The van der Waals surface area contributed by atoms with E-state index in [1.807, 2.05) is 6.07 Å². The van der Waals surface area contributed by atoms with Gasteiger partial charge in [-0.15, -0.1) is 0 Å². The van der Waals surface area contributed by atoms with Crippen molar-refractivity contribution in [3.8, 4) is 0 Å². The highest BCUT2D eigenvalue weighted by Gasteiger charge is 2.13. The summed E-state index contributed by atoms with van der Waals surface area (Å²) in [6.07, 6.45) is 6.92. The number of rotatable bonds is 7. The summed E-state index contributed by atoms with van der Waals surface area (Å²) < 4.78 is 0. The molecule has 1 amide bonds. The van der Waals surface area contributed by atoms with Gasteiger partial charge in [-0.05, 0) is 38.4 Å². The summed E-state index contributed by atoms with van der Waals surface area (Å²) in [7, 11) is 0. The normalized spacial score (nSPS) is 15.2. The molecule has 1 aromatic heterocycles. The fourth-order valence-electron chi connectivity index (χ4n) is 2.42. The first-order chi connectivity index (χ1) is 9.81. The van der Waals surface area contributed by atoms with E-state index in [4.69, 9.17) is 0 Å². The number of pyridine rings is 1. The van der Waals surface area contributed by atoms with Crippen molar-refractivity contribution in [3.05, 3.63) is 24.0 Å². The Balaban J connectivity index is 1.84. The molecule has 2 N–H and O–H groups in total. The number of likely N-dealkylation sites (tertiary alicyclic amines) is 1. The molecular weight excluding hydrogens is 252 g/mol. The molecule has 0 aromatic carbocycles. The Bertz CT molecular complexity index is 430. The minimum atomic E-state index is -0.0455. The van der Waals surface area contributed by atoms with E-state index in [2.05, 4.69) is 27.4 Å². The van der Waals surface area contributed by atoms with Gasteiger partial charge in [0.05, 0.1) is 11.3 Å². The van der Waals surface area contributed by atoms with Crippen LogP contribution in [0.2, 0.25) is 0 Å². The van der Waals surface area contributed by atoms with Crippen LogP contribution in [0.5, 0.6) is 0 Å².